The number of amidine groups is 1. The van der Waals surface area contributed by atoms with E-state index < -0.39 is 0 Å². The molecule has 0 aromatic carbocycles. The van der Waals surface area contributed by atoms with E-state index in [2.05, 4.69) is 18.8 Å². The monoisotopic (exact) mass is 154 g/mol. The predicted octanol–water partition coefficient (Wildman–Crippen LogP) is 2.46. The van der Waals surface area contributed by atoms with Crippen molar-refractivity contribution in [2.75, 3.05) is 0 Å². The Morgan fingerprint density at radius 1 is 1.18 bits per heavy atom. The highest BCUT2D eigenvalue weighted by molar-refractivity contribution is 5.80. The molecule has 0 unspecified atom stereocenters. The number of aliphatic imine (C=N–C) groups is 1. The largest absolute Gasteiger partial charge is 0.387 e. The van der Waals surface area contributed by atoms with E-state index in [1.807, 2.05) is 13.8 Å². The van der Waals surface area contributed by atoms with Gasteiger partial charge < -0.3 is 5.73 Å². The molecule has 0 saturated heterocycles. The third kappa shape index (κ3) is 3.81. The van der Waals surface area contributed by atoms with Gasteiger partial charge in [-0.3, -0.25) is 0 Å². The van der Waals surface area contributed by atoms with Gasteiger partial charge in [-0.15, -0.1) is 0 Å². The molecule has 0 aromatic rings. The first-order chi connectivity index (χ1) is 5.11. The van der Waals surface area contributed by atoms with Crippen molar-refractivity contribution in [3.8, 4) is 0 Å². The van der Waals surface area contributed by atoms with Crippen molar-refractivity contribution >= 4 is 5.84 Å². The maximum absolute atomic E-state index is 5.58. The molecule has 0 amide bonds. The predicted molar refractivity (Wildman–Crippen MR) is 50.6 cm³/mol. The number of rotatable bonds is 3. The van der Waals surface area contributed by atoms with Crippen molar-refractivity contribution in [1.29, 1.82) is 0 Å². The first-order valence-electron chi connectivity index (χ1n) is 4.11. The fourth-order valence-corrected chi connectivity index (χ4v) is 0.646. The molecule has 0 heterocycles. The minimum Gasteiger partial charge on any atom is -0.387 e. The van der Waals surface area contributed by atoms with Gasteiger partial charge in [-0.1, -0.05) is 19.4 Å². The lowest BCUT2D eigenvalue weighted by Crippen LogP contribution is -2.09. The molecule has 2 nitrogen and oxygen atoms in total. The number of hydrogen-bond acceptors (Lipinski definition) is 1. The quantitative estimate of drug-likeness (QED) is 0.492. The third-order valence-corrected chi connectivity index (χ3v) is 1.82. The Labute approximate surface area is 69.2 Å². The van der Waals surface area contributed by atoms with Crippen molar-refractivity contribution in [2.24, 2.45) is 10.7 Å². The molecular formula is C9H18N2. The zero-order valence-electron chi connectivity index (χ0n) is 7.94. The van der Waals surface area contributed by atoms with Crippen LogP contribution in [0.1, 0.15) is 40.5 Å². The maximum atomic E-state index is 5.58. The standard InChI is InChI=1S/C9H18N2/c1-5-7(3)8(4)11-9(10)6-2/h5-6H2,1-4H3,(H2,10,11)/b8-7-. The van der Waals surface area contributed by atoms with E-state index in [0.29, 0.717) is 0 Å². The number of hydrogen-bond donors (Lipinski definition) is 1. The molecule has 0 aliphatic heterocycles. The van der Waals surface area contributed by atoms with Gasteiger partial charge in [0, 0.05) is 12.1 Å². The molecule has 0 bridgehead atoms. The summed E-state index contributed by atoms with van der Waals surface area (Å²) in [5.74, 6) is 0.718. The number of allylic oxidation sites excluding steroid dienone is 2. The first kappa shape index (κ1) is 10.2. The lowest BCUT2D eigenvalue weighted by atomic mass is 10.2. The van der Waals surface area contributed by atoms with Crippen LogP contribution in [0.25, 0.3) is 0 Å². The molecule has 2 heteroatoms. The van der Waals surface area contributed by atoms with Gasteiger partial charge in [0.25, 0.3) is 0 Å². The van der Waals surface area contributed by atoms with E-state index in [4.69, 9.17) is 5.73 Å². The Bertz CT molecular complexity index is 178. The summed E-state index contributed by atoms with van der Waals surface area (Å²) in [6.45, 7) is 8.22. The van der Waals surface area contributed by atoms with Gasteiger partial charge >= 0.3 is 0 Å². The summed E-state index contributed by atoms with van der Waals surface area (Å²) >= 11 is 0. The molecule has 0 aliphatic rings. The van der Waals surface area contributed by atoms with E-state index in [-0.39, 0.29) is 0 Å². The molecule has 2 N–H and O–H groups in total. The summed E-state index contributed by atoms with van der Waals surface area (Å²) in [6.07, 6.45) is 1.88. The van der Waals surface area contributed by atoms with Gasteiger partial charge in [-0.2, -0.15) is 0 Å². The van der Waals surface area contributed by atoms with Crippen molar-refractivity contribution in [2.45, 2.75) is 40.5 Å². The first-order valence-corrected chi connectivity index (χ1v) is 4.11. The van der Waals surface area contributed by atoms with Gasteiger partial charge in [0.05, 0.1) is 5.84 Å². The number of nitrogens with two attached hydrogens (primary N) is 1. The second kappa shape index (κ2) is 4.94. The Hall–Kier alpha value is -0.790. The van der Waals surface area contributed by atoms with Crippen LogP contribution >= 0.6 is 0 Å². The summed E-state index contributed by atoms with van der Waals surface area (Å²) in [5.41, 5.74) is 7.95. The van der Waals surface area contributed by atoms with Gasteiger partial charge in [0.15, 0.2) is 0 Å². The Balaban J connectivity index is 4.37. The molecule has 0 atom stereocenters. The number of nitrogens with zero attached hydrogens (tertiary/aromatic N) is 1. The highest BCUT2D eigenvalue weighted by atomic mass is 14.9. The fourth-order valence-electron chi connectivity index (χ4n) is 0.646. The van der Waals surface area contributed by atoms with Crippen LogP contribution in [-0.4, -0.2) is 5.84 Å². The molecule has 64 valence electrons. The fraction of sp³-hybridized carbons (Fsp3) is 0.667. The second-order valence-corrected chi connectivity index (χ2v) is 2.68. The summed E-state index contributed by atoms with van der Waals surface area (Å²) in [4.78, 5) is 4.24. The molecule has 11 heavy (non-hydrogen) atoms. The topological polar surface area (TPSA) is 38.4 Å². The lowest BCUT2D eigenvalue weighted by molar-refractivity contribution is 1.03. The zero-order chi connectivity index (χ0) is 8.85. The van der Waals surface area contributed by atoms with Crippen LogP contribution in [0.15, 0.2) is 16.3 Å². The molecule has 0 aliphatic carbocycles. The zero-order valence-corrected chi connectivity index (χ0v) is 7.94. The summed E-state index contributed by atoms with van der Waals surface area (Å²) in [7, 11) is 0. The van der Waals surface area contributed by atoms with Crippen molar-refractivity contribution in [1.82, 2.24) is 0 Å². The van der Waals surface area contributed by atoms with Crippen LogP contribution < -0.4 is 5.73 Å². The molecule has 0 spiro atoms. The van der Waals surface area contributed by atoms with Crippen molar-refractivity contribution in [3.05, 3.63) is 11.3 Å². The molecule has 0 aromatic heterocycles. The van der Waals surface area contributed by atoms with Gasteiger partial charge in [0.1, 0.15) is 0 Å². The molecule has 0 rings (SSSR count). The minimum absolute atomic E-state index is 0.718. The van der Waals surface area contributed by atoms with Gasteiger partial charge in [-0.25, -0.2) is 4.99 Å². The van der Waals surface area contributed by atoms with Crippen LogP contribution in [0.5, 0.6) is 0 Å². The highest BCUT2D eigenvalue weighted by Gasteiger charge is 1.92. The van der Waals surface area contributed by atoms with E-state index in [1.54, 1.807) is 0 Å². The summed E-state index contributed by atoms with van der Waals surface area (Å²) < 4.78 is 0. The smallest absolute Gasteiger partial charge is 0.0989 e. The van der Waals surface area contributed by atoms with Crippen LogP contribution in [0, 0.1) is 0 Å². The Kier molecular flexibility index (Phi) is 4.59. The van der Waals surface area contributed by atoms with E-state index >= 15 is 0 Å². The van der Waals surface area contributed by atoms with Gasteiger partial charge in [0.2, 0.25) is 0 Å². The van der Waals surface area contributed by atoms with Crippen LogP contribution in [0.3, 0.4) is 0 Å². The lowest BCUT2D eigenvalue weighted by Gasteiger charge is -2.00. The SMILES string of the molecule is CCC(N)=N/C(C)=C(/C)CC. The molecule has 0 fully saturated rings. The second-order valence-electron chi connectivity index (χ2n) is 2.68. The van der Waals surface area contributed by atoms with E-state index in [1.165, 1.54) is 5.57 Å². The molecule has 0 saturated carbocycles. The van der Waals surface area contributed by atoms with Crippen LogP contribution in [0.2, 0.25) is 0 Å². The normalized spacial score (nSPS) is 14.7. The molecular weight excluding hydrogens is 136 g/mol. The minimum atomic E-state index is 0.718. The third-order valence-electron chi connectivity index (χ3n) is 1.82. The Morgan fingerprint density at radius 2 is 1.73 bits per heavy atom. The average Bonchev–Trinajstić information content (AvgIpc) is 2.02. The van der Waals surface area contributed by atoms with Crippen LogP contribution in [0.4, 0.5) is 0 Å². The average molecular weight is 154 g/mol. The molecule has 0 radical (unpaired) electrons. The maximum Gasteiger partial charge on any atom is 0.0989 e. The van der Waals surface area contributed by atoms with Crippen molar-refractivity contribution in [3.63, 3.8) is 0 Å². The Morgan fingerprint density at radius 3 is 2.09 bits per heavy atom. The summed E-state index contributed by atoms with van der Waals surface area (Å²) in [5, 5.41) is 0. The highest BCUT2D eigenvalue weighted by Crippen LogP contribution is 2.07. The van der Waals surface area contributed by atoms with Crippen LogP contribution in [-0.2, 0) is 0 Å². The van der Waals surface area contributed by atoms with E-state index in [0.717, 1.165) is 24.4 Å². The van der Waals surface area contributed by atoms with E-state index in [9.17, 15) is 0 Å². The van der Waals surface area contributed by atoms with Crippen molar-refractivity contribution < 1.29 is 0 Å². The van der Waals surface area contributed by atoms with Gasteiger partial charge in [-0.05, 0) is 20.3 Å². The summed E-state index contributed by atoms with van der Waals surface area (Å²) in [6, 6.07) is 0.